The van der Waals surface area contributed by atoms with Crippen LogP contribution in [0.25, 0.3) is 11.1 Å². The first kappa shape index (κ1) is 21.6. The van der Waals surface area contributed by atoms with Crippen LogP contribution < -0.4 is 21.8 Å². The molecule has 1 atom stereocenters. The van der Waals surface area contributed by atoms with E-state index in [0.717, 1.165) is 24.2 Å². The SMILES string of the molecule is CCCCNCc1ccc(-c2ccc(C(=O)N[C@@H](CN)C(=O)NO)cc2)cc1. The first-order chi connectivity index (χ1) is 13.6. The molecule has 0 aromatic heterocycles. The first-order valence-electron chi connectivity index (χ1n) is 9.44. The lowest BCUT2D eigenvalue weighted by Gasteiger charge is -2.14. The van der Waals surface area contributed by atoms with E-state index in [9.17, 15) is 9.59 Å². The number of carbonyl (C=O) groups is 2. The number of amides is 2. The van der Waals surface area contributed by atoms with Crippen LogP contribution in [0, 0.1) is 0 Å². The van der Waals surface area contributed by atoms with Gasteiger partial charge in [-0.05, 0) is 41.8 Å². The van der Waals surface area contributed by atoms with E-state index in [-0.39, 0.29) is 6.54 Å². The highest BCUT2D eigenvalue weighted by Gasteiger charge is 2.19. The Morgan fingerprint density at radius 3 is 2.18 bits per heavy atom. The molecule has 0 saturated heterocycles. The number of hydrogen-bond acceptors (Lipinski definition) is 5. The molecule has 0 aliphatic carbocycles. The van der Waals surface area contributed by atoms with Gasteiger partial charge in [0, 0.05) is 18.7 Å². The van der Waals surface area contributed by atoms with Crippen LogP contribution >= 0.6 is 0 Å². The lowest BCUT2D eigenvalue weighted by Crippen LogP contribution is -2.50. The van der Waals surface area contributed by atoms with Crippen LogP contribution in [-0.2, 0) is 11.3 Å². The molecule has 0 saturated carbocycles. The van der Waals surface area contributed by atoms with Crippen LogP contribution in [0.4, 0.5) is 0 Å². The van der Waals surface area contributed by atoms with Crippen molar-refractivity contribution in [1.29, 1.82) is 0 Å². The quantitative estimate of drug-likeness (QED) is 0.243. The molecule has 0 unspecified atom stereocenters. The fourth-order valence-corrected chi connectivity index (χ4v) is 2.71. The number of unbranched alkanes of at least 4 members (excludes halogenated alkanes) is 1. The molecule has 6 N–H and O–H groups in total. The molecule has 0 fully saturated rings. The minimum absolute atomic E-state index is 0.115. The second-order valence-electron chi connectivity index (χ2n) is 6.54. The maximum atomic E-state index is 12.2. The molecule has 2 amide bonds. The van der Waals surface area contributed by atoms with E-state index in [4.69, 9.17) is 10.9 Å². The monoisotopic (exact) mass is 384 g/mol. The fraction of sp³-hybridized carbons (Fsp3) is 0.333. The Bertz CT molecular complexity index is 760. The summed E-state index contributed by atoms with van der Waals surface area (Å²) in [6.45, 7) is 3.93. The van der Waals surface area contributed by atoms with Gasteiger partial charge in [-0.3, -0.25) is 14.8 Å². The molecule has 7 nitrogen and oxygen atoms in total. The molecule has 7 heteroatoms. The van der Waals surface area contributed by atoms with E-state index in [1.54, 1.807) is 12.1 Å². The number of carbonyl (C=O) groups excluding carboxylic acids is 2. The molecule has 0 spiro atoms. The summed E-state index contributed by atoms with van der Waals surface area (Å²) in [6.07, 6.45) is 2.36. The Hall–Kier alpha value is -2.74. The molecular weight excluding hydrogens is 356 g/mol. The number of hydroxylamine groups is 1. The second-order valence-corrected chi connectivity index (χ2v) is 6.54. The van der Waals surface area contributed by atoms with E-state index < -0.39 is 17.9 Å². The van der Waals surface area contributed by atoms with E-state index in [1.165, 1.54) is 23.9 Å². The molecule has 2 rings (SSSR count). The summed E-state index contributed by atoms with van der Waals surface area (Å²) in [7, 11) is 0. The molecule has 0 aliphatic rings. The Morgan fingerprint density at radius 2 is 1.64 bits per heavy atom. The largest absolute Gasteiger partial charge is 0.339 e. The highest BCUT2D eigenvalue weighted by Crippen LogP contribution is 2.20. The lowest BCUT2D eigenvalue weighted by molar-refractivity contribution is -0.130. The molecule has 2 aromatic rings. The van der Waals surface area contributed by atoms with E-state index in [2.05, 4.69) is 41.8 Å². The predicted octanol–water partition coefficient (Wildman–Crippen LogP) is 1.81. The number of nitrogens with one attached hydrogen (secondary N) is 3. The molecular formula is C21H28N4O3. The van der Waals surface area contributed by atoms with Crippen molar-refractivity contribution in [3.05, 3.63) is 59.7 Å². The predicted molar refractivity (Wildman–Crippen MR) is 109 cm³/mol. The molecule has 0 aliphatic heterocycles. The summed E-state index contributed by atoms with van der Waals surface area (Å²) in [5.74, 6) is -1.18. The van der Waals surface area contributed by atoms with Crippen LogP contribution in [0.15, 0.2) is 48.5 Å². The van der Waals surface area contributed by atoms with Crippen molar-refractivity contribution in [3.63, 3.8) is 0 Å². The van der Waals surface area contributed by atoms with Crippen LogP contribution in [0.2, 0.25) is 0 Å². The van der Waals surface area contributed by atoms with Gasteiger partial charge in [0.25, 0.3) is 11.8 Å². The van der Waals surface area contributed by atoms with Crippen LogP contribution in [-0.4, -0.2) is 36.2 Å². The minimum Gasteiger partial charge on any atom is -0.339 e. The van der Waals surface area contributed by atoms with Crippen LogP contribution in [0.5, 0.6) is 0 Å². The summed E-state index contributed by atoms with van der Waals surface area (Å²) in [6, 6.07) is 14.4. The molecule has 28 heavy (non-hydrogen) atoms. The summed E-state index contributed by atoms with van der Waals surface area (Å²) in [5, 5.41) is 14.6. The number of nitrogens with two attached hydrogens (primary N) is 1. The zero-order valence-electron chi connectivity index (χ0n) is 16.1. The van der Waals surface area contributed by atoms with Gasteiger partial charge in [-0.1, -0.05) is 49.7 Å². The number of benzene rings is 2. The highest BCUT2D eigenvalue weighted by atomic mass is 16.5. The van der Waals surface area contributed by atoms with Gasteiger partial charge >= 0.3 is 0 Å². The van der Waals surface area contributed by atoms with Crippen molar-refractivity contribution in [3.8, 4) is 11.1 Å². The van der Waals surface area contributed by atoms with Gasteiger partial charge < -0.3 is 16.4 Å². The summed E-state index contributed by atoms with van der Waals surface area (Å²) in [4.78, 5) is 23.7. The first-order valence-corrected chi connectivity index (χ1v) is 9.44. The average Bonchev–Trinajstić information content (AvgIpc) is 2.75. The molecule has 150 valence electrons. The number of rotatable bonds is 10. The number of hydrogen-bond donors (Lipinski definition) is 5. The standard InChI is InChI=1S/C21H28N4O3/c1-2-3-12-23-14-15-4-6-16(7-5-15)17-8-10-18(11-9-17)20(26)24-19(13-22)21(27)25-28/h4-11,19,23,28H,2-3,12-14,22H2,1H3,(H,24,26)(H,25,27)/t19-/m0/s1. The van der Waals surface area contributed by atoms with Gasteiger partial charge in [0.1, 0.15) is 6.04 Å². The third-order valence-corrected chi connectivity index (χ3v) is 4.44. The van der Waals surface area contributed by atoms with Crippen molar-refractivity contribution in [1.82, 2.24) is 16.1 Å². The van der Waals surface area contributed by atoms with Crippen molar-refractivity contribution in [2.24, 2.45) is 5.73 Å². The van der Waals surface area contributed by atoms with Crippen molar-refractivity contribution < 1.29 is 14.8 Å². The van der Waals surface area contributed by atoms with Gasteiger partial charge in [-0.25, -0.2) is 5.48 Å². The maximum absolute atomic E-state index is 12.2. The normalized spacial score (nSPS) is 11.7. The smallest absolute Gasteiger partial charge is 0.267 e. The zero-order valence-corrected chi connectivity index (χ0v) is 16.1. The van der Waals surface area contributed by atoms with E-state index in [0.29, 0.717) is 5.56 Å². The fourth-order valence-electron chi connectivity index (χ4n) is 2.71. The summed E-state index contributed by atoms with van der Waals surface area (Å²) < 4.78 is 0. The highest BCUT2D eigenvalue weighted by molar-refractivity contribution is 5.97. The third kappa shape index (κ3) is 6.16. The Morgan fingerprint density at radius 1 is 1.04 bits per heavy atom. The molecule has 0 heterocycles. The summed E-state index contributed by atoms with van der Waals surface area (Å²) in [5.41, 5.74) is 10.6. The average molecular weight is 384 g/mol. The van der Waals surface area contributed by atoms with Crippen molar-refractivity contribution in [2.45, 2.75) is 32.4 Å². The third-order valence-electron chi connectivity index (χ3n) is 4.44. The van der Waals surface area contributed by atoms with Gasteiger partial charge in [0.15, 0.2) is 0 Å². The van der Waals surface area contributed by atoms with Crippen molar-refractivity contribution >= 4 is 11.8 Å². The second kappa shape index (κ2) is 11.2. The molecule has 0 radical (unpaired) electrons. The Balaban J connectivity index is 1.98. The molecule has 2 aromatic carbocycles. The Labute approximate surface area is 165 Å². The Kier molecular flexibility index (Phi) is 8.61. The van der Waals surface area contributed by atoms with Gasteiger partial charge in [0.05, 0.1) is 0 Å². The van der Waals surface area contributed by atoms with Gasteiger partial charge in [0.2, 0.25) is 0 Å². The van der Waals surface area contributed by atoms with Crippen LogP contribution in [0.1, 0.15) is 35.7 Å². The van der Waals surface area contributed by atoms with Crippen molar-refractivity contribution in [2.75, 3.05) is 13.1 Å². The van der Waals surface area contributed by atoms with E-state index in [1.807, 2.05) is 12.1 Å². The summed E-state index contributed by atoms with van der Waals surface area (Å²) >= 11 is 0. The van der Waals surface area contributed by atoms with Gasteiger partial charge in [-0.2, -0.15) is 0 Å². The molecule has 0 bridgehead atoms. The van der Waals surface area contributed by atoms with Gasteiger partial charge in [-0.15, -0.1) is 0 Å². The van der Waals surface area contributed by atoms with E-state index >= 15 is 0 Å². The maximum Gasteiger partial charge on any atom is 0.267 e. The lowest BCUT2D eigenvalue weighted by atomic mass is 10.0. The van der Waals surface area contributed by atoms with Crippen LogP contribution in [0.3, 0.4) is 0 Å². The zero-order chi connectivity index (χ0) is 20.4. The topological polar surface area (TPSA) is 116 Å². The minimum atomic E-state index is -0.990.